The van der Waals surface area contributed by atoms with Gasteiger partial charge in [0.1, 0.15) is 0 Å². The maximum Gasteiger partial charge on any atom is 0.343 e. The van der Waals surface area contributed by atoms with Gasteiger partial charge in [0.05, 0.1) is 22.7 Å². The molecule has 7 rings (SSSR count). The molecule has 0 aliphatic rings. The first-order valence-electron chi connectivity index (χ1n) is 12.0. The van der Waals surface area contributed by atoms with Gasteiger partial charge in [-0.1, -0.05) is 78.9 Å². The normalized spacial score (nSPS) is 11.4. The monoisotopic (exact) mass is 463 g/mol. The minimum absolute atomic E-state index is 0.326. The standard InChI is InChI=1S/C33H21NO2/c35-33-28-21-27(14-11-24(28)17-18-36-33)34-31-15-12-25(22-7-3-1-4-8-22)19-29(31)30-20-26(13-16-32(30)34)23-9-5-2-6-10-23/h1-21H. The number of aromatic nitrogens is 1. The van der Waals surface area contributed by atoms with Crippen LogP contribution in [0.1, 0.15) is 0 Å². The van der Waals surface area contributed by atoms with E-state index < -0.39 is 0 Å². The molecule has 0 saturated carbocycles. The first-order valence-corrected chi connectivity index (χ1v) is 12.0. The summed E-state index contributed by atoms with van der Waals surface area (Å²) in [5.74, 6) is 0. The number of rotatable bonds is 3. The highest BCUT2D eigenvalue weighted by Gasteiger charge is 2.15. The molecule has 0 radical (unpaired) electrons. The van der Waals surface area contributed by atoms with E-state index >= 15 is 0 Å². The molecule has 2 aromatic heterocycles. The van der Waals surface area contributed by atoms with Gasteiger partial charge in [-0.25, -0.2) is 4.79 Å². The number of nitrogens with zero attached hydrogens (tertiary/aromatic N) is 1. The Kier molecular flexibility index (Phi) is 4.61. The Hall–Kier alpha value is -4.89. The lowest BCUT2D eigenvalue weighted by Gasteiger charge is -2.10. The van der Waals surface area contributed by atoms with Crippen LogP contribution in [0.3, 0.4) is 0 Å². The molecular formula is C33H21NO2. The van der Waals surface area contributed by atoms with E-state index in [9.17, 15) is 4.79 Å². The molecule has 0 unspecified atom stereocenters. The Balaban J connectivity index is 1.55. The third kappa shape index (κ3) is 3.25. The zero-order valence-corrected chi connectivity index (χ0v) is 19.4. The molecule has 0 aliphatic carbocycles. The predicted octanol–water partition coefficient (Wildman–Crippen LogP) is 8.22. The average molecular weight is 464 g/mol. The molecule has 3 heteroatoms. The molecule has 0 aliphatic heterocycles. The van der Waals surface area contributed by atoms with Gasteiger partial charge in [-0.05, 0) is 70.1 Å². The molecule has 0 amide bonds. The SMILES string of the molecule is O=c1occc2ccc(-n3c4ccc(-c5ccccc5)cc4c4cc(-c5ccccc5)ccc43)cc12. The van der Waals surface area contributed by atoms with Crippen LogP contribution in [-0.2, 0) is 0 Å². The highest BCUT2D eigenvalue weighted by Crippen LogP contribution is 2.37. The first kappa shape index (κ1) is 20.5. The van der Waals surface area contributed by atoms with Gasteiger partial charge < -0.3 is 8.98 Å². The van der Waals surface area contributed by atoms with Crippen LogP contribution < -0.4 is 5.63 Å². The number of fused-ring (bicyclic) bond motifs is 4. The summed E-state index contributed by atoms with van der Waals surface area (Å²) in [5, 5.41) is 3.79. The Morgan fingerprint density at radius 3 is 1.67 bits per heavy atom. The fraction of sp³-hybridized carbons (Fsp3) is 0. The summed E-state index contributed by atoms with van der Waals surface area (Å²) >= 11 is 0. The molecule has 0 atom stereocenters. The Bertz CT molecular complexity index is 1850. The molecule has 0 fully saturated rings. The molecule has 5 aromatic carbocycles. The second-order valence-corrected chi connectivity index (χ2v) is 9.01. The maximum atomic E-state index is 12.5. The van der Waals surface area contributed by atoms with Crippen molar-refractivity contribution in [2.45, 2.75) is 0 Å². The Labute approximate surface area is 207 Å². The van der Waals surface area contributed by atoms with Crippen LogP contribution in [0.15, 0.2) is 137 Å². The summed E-state index contributed by atoms with van der Waals surface area (Å²) in [7, 11) is 0. The minimum Gasteiger partial charge on any atom is -0.431 e. The summed E-state index contributed by atoms with van der Waals surface area (Å²) in [6, 6.07) is 41.9. The van der Waals surface area contributed by atoms with Gasteiger partial charge in [0.2, 0.25) is 0 Å². The van der Waals surface area contributed by atoms with E-state index in [2.05, 4.69) is 95.6 Å². The summed E-state index contributed by atoms with van der Waals surface area (Å²) in [4.78, 5) is 12.5. The van der Waals surface area contributed by atoms with E-state index in [0.717, 1.165) is 22.1 Å². The van der Waals surface area contributed by atoms with E-state index in [-0.39, 0.29) is 5.63 Å². The van der Waals surface area contributed by atoms with Crippen LogP contribution in [0.4, 0.5) is 0 Å². The highest BCUT2D eigenvalue weighted by atomic mass is 16.4. The second kappa shape index (κ2) is 8.10. The lowest BCUT2D eigenvalue weighted by atomic mass is 10.0. The summed E-state index contributed by atoms with van der Waals surface area (Å²) < 4.78 is 7.39. The smallest absolute Gasteiger partial charge is 0.343 e. The lowest BCUT2D eigenvalue weighted by molar-refractivity contribution is 0.519. The van der Waals surface area contributed by atoms with E-state index in [1.54, 1.807) is 0 Å². The van der Waals surface area contributed by atoms with Crippen molar-refractivity contribution in [3.8, 4) is 27.9 Å². The van der Waals surface area contributed by atoms with Gasteiger partial charge in [-0.2, -0.15) is 0 Å². The molecule has 0 N–H and O–H groups in total. The third-order valence-electron chi connectivity index (χ3n) is 6.92. The second-order valence-electron chi connectivity index (χ2n) is 9.01. The molecule has 3 nitrogen and oxygen atoms in total. The van der Waals surface area contributed by atoms with Crippen LogP contribution in [0.5, 0.6) is 0 Å². The van der Waals surface area contributed by atoms with Crippen LogP contribution in [0, 0.1) is 0 Å². The number of hydrogen-bond donors (Lipinski definition) is 0. The van der Waals surface area contributed by atoms with Gasteiger partial charge in [-0.15, -0.1) is 0 Å². The molecule has 0 saturated heterocycles. The predicted molar refractivity (Wildman–Crippen MR) is 148 cm³/mol. The zero-order chi connectivity index (χ0) is 24.1. The van der Waals surface area contributed by atoms with Crippen LogP contribution >= 0.6 is 0 Å². The van der Waals surface area contributed by atoms with Crippen molar-refractivity contribution in [3.63, 3.8) is 0 Å². The van der Waals surface area contributed by atoms with Crippen molar-refractivity contribution < 1.29 is 4.42 Å². The number of benzene rings is 5. The molecule has 2 heterocycles. The maximum absolute atomic E-state index is 12.5. The van der Waals surface area contributed by atoms with E-state index in [1.807, 2.05) is 30.3 Å². The molecule has 0 spiro atoms. The quantitative estimate of drug-likeness (QED) is 0.265. The van der Waals surface area contributed by atoms with Gasteiger partial charge in [0.25, 0.3) is 0 Å². The molecule has 170 valence electrons. The highest BCUT2D eigenvalue weighted by molar-refractivity contribution is 6.11. The fourth-order valence-corrected chi connectivity index (χ4v) is 5.16. The lowest BCUT2D eigenvalue weighted by Crippen LogP contribution is -2.00. The van der Waals surface area contributed by atoms with Crippen LogP contribution in [0.2, 0.25) is 0 Å². The van der Waals surface area contributed by atoms with Crippen molar-refractivity contribution in [2.75, 3.05) is 0 Å². The van der Waals surface area contributed by atoms with Crippen molar-refractivity contribution in [3.05, 3.63) is 138 Å². The third-order valence-corrected chi connectivity index (χ3v) is 6.92. The summed E-state index contributed by atoms with van der Waals surface area (Å²) in [5.41, 5.74) is 7.50. The number of hydrogen-bond acceptors (Lipinski definition) is 2. The summed E-state index contributed by atoms with van der Waals surface area (Å²) in [6.07, 6.45) is 1.45. The average Bonchev–Trinajstić information content (AvgIpc) is 3.27. The molecule has 0 bridgehead atoms. The molecule has 36 heavy (non-hydrogen) atoms. The van der Waals surface area contributed by atoms with Crippen LogP contribution in [0.25, 0.3) is 60.5 Å². The largest absolute Gasteiger partial charge is 0.431 e. The summed E-state index contributed by atoms with van der Waals surface area (Å²) in [6.45, 7) is 0. The zero-order valence-electron chi connectivity index (χ0n) is 19.4. The Morgan fingerprint density at radius 1 is 0.500 bits per heavy atom. The fourth-order valence-electron chi connectivity index (χ4n) is 5.16. The van der Waals surface area contributed by atoms with Gasteiger partial charge in [-0.3, -0.25) is 0 Å². The molecular weight excluding hydrogens is 442 g/mol. The minimum atomic E-state index is -0.326. The van der Waals surface area contributed by atoms with Crippen molar-refractivity contribution in [1.29, 1.82) is 0 Å². The van der Waals surface area contributed by atoms with Crippen LogP contribution in [-0.4, -0.2) is 4.57 Å². The Morgan fingerprint density at radius 2 is 1.08 bits per heavy atom. The van der Waals surface area contributed by atoms with E-state index in [0.29, 0.717) is 5.39 Å². The first-order chi connectivity index (χ1) is 17.8. The van der Waals surface area contributed by atoms with Crippen molar-refractivity contribution in [2.24, 2.45) is 0 Å². The van der Waals surface area contributed by atoms with Gasteiger partial charge >= 0.3 is 5.63 Å². The van der Waals surface area contributed by atoms with Gasteiger partial charge in [0, 0.05) is 16.5 Å². The van der Waals surface area contributed by atoms with Crippen molar-refractivity contribution >= 4 is 32.6 Å². The van der Waals surface area contributed by atoms with E-state index in [4.69, 9.17) is 4.42 Å². The topological polar surface area (TPSA) is 35.1 Å². The van der Waals surface area contributed by atoms with Crippen molar-refractivity contribution in [1.82, 2.24) is 4.57 Å². The molecule has 7 aromatic rings. The van der Waals surface area contributed by atoms with E-state index in [1.165, 1.54) is 39.3 Å². The van der Waals surface area contributed by atoms with Gasteiger partial charge in [0.15, 0.2) is 0 Å².